The number of halogens is 2. The van der Waals surface area contributed by atoms with Gasteiger partial charge in [0.05, 0.1) is 123 Å². The number of anilines is 1. The molecule has 0 radical (unpaired) electrons. The Morgan fingerprint density at radius 3 is 2.04 bits per heavy atom. The summed E-state index contributed by atoms with van der Waals surface area (Å²) in [4.78, 5) is 56.0. The van der Waals surface area contributed by atoms with E-state index in [1.54, 1.807) is 66.6 Å². The van der Waals surface area contributed by atoms with E-state index in [4.69, 9.17) is 75.3 Å². The minimum absolute atomic E-state index is 0.0250. The van der Waals surface area contributed by atoms with E-state index in [1.807, 2.05) is 44.2 Å². The number of carbonyl (C=O) groups is 4. The molecule has 0 aliphatic carbocycles. The molecule has 81 heavy (non-hydrogen) atoms. The number of methoxy groups -OCH3 is 5. The molecule has 4 aromatic rings. The van der Waals surface area contributed by atoms with Crippen molar-refractivity contribution in [2.24, 2.45) is 11.0 Å². The molecule has 1 saturated heterocycles. The van der Waals surface area contributed by atoms with Gasteiger partial charge in [-0.25, -0.2) is 4.79 Å². The summed E-state index contributed by atoms with van der Waals surface area (Å²) >= 11 is 12.2. The van der Waals surface area contributed by atoms with E-state index in [1.165, 1.54) is 21.3 Å². The van der Waals surface area contributed by atoms with Crippen LogP contribution in [-0.2, 0) is 49.3 Å². The Morgan fingerprint density at radius 2 is 1.38 bits per heavy atom. The maximum atomic E-state index is 14.5. The van der Waals surface area contributed by atoms with E-state index in [0.29, 0.717) is 140 Å². The summed E-state index contributed by atoms with van der Waals surface area (Å²) in [6.45, 7) is 7.48. The van der Waals surface area contributed by atoms with Crippen LogP contribution in [0.3, 0.4) is 0 Å². The summed E-state index contributed by atoms with van der Waals surface area (Å²) < 4.78 is 62.4. The SMILES string of the molecule is CC[C@H](C(=O)N1CCCC[C@H]1C(=O)O[C@@H](CCc1ccc(OC)c(OC)c1)c1cccc(OCC(=O)NCCOCCOCCOCCOCCC(=O)NC2=NN(c3ccc(Cl)c(Cl)c3)CC2C)c1)c1cc(OC)c(OC)c(OC)c1. The molecule has 2 N–H and O–H groups in total. The van der Waals surface area contributed by atoms with Gasteiger partial charge in [0.2, 0.25) is 17.6 Å². The van der Waals surface area contributed by atoms with Crippen LogP contribution in [0, 0.1) is 5.92 Å². The molecule has 22 heteroatoms. The summed E-state index contributed by atoms with van der Waals surface area (Å²) in [5.41, 5.74) is 3.07. The maximum absolute atomic E-state index is 14.5. The molecule has 442 valence electrons. The molecule has 0 saturated carbocycles. The Kier molecular flexibility index (Phi) is 26.2. The molecule has 0 aromatic heterocycles. The van der Waals surface area contributed by atoms with E-state index in [9.17, 15) is 19.2 Å². The third-order valence-corrected chi connectivity index (χ3v) is 14.4. The standard InChI is InChI=1S/C59H77Cl2N5O15/c1-8-45(42-34-52(73-5)56(75-7)53(35-42)74-6)58(69)65-23-10-9-14-48(65)59(70)81-49(19-15-40-16-20-50(71-3)51(32-40)72-4)41-12-11-13-44(33-41)80-38-55(68)62-22-25-77-27-29-79-31-30-78-28-26-76-24-21-54(67)63-57-39(2)37-66(64-57)43-17-18-46(60)47(61)36-43/h11-13,16-18,20,32-36,39,45,48-49H,8-10,14-15,19,21-31,37-38H2,1-7H3,(H,62,68)(H,63,64,67)/t39?,45-,48-,49-/m0/s1. The zero-order valence-electron chi connectivity index (χ0n) is 47.4. The fraction of sp³-hybridized carbons (Fsp3) is 0.508. The first-order valence-electron chi connectivity index (χ1n) is 27.2. The molecule has 0 bridgehead atoms. The molecule has 3 amide bonds. The summed E-state index contributed by atoms with van der Waals surface area (Å²) in [5, 5.41) is 12.9. The molecule has 2 aliphatic heterocycles. The van der Waals surface area contributed by atoms with Gasteiger partial charge >= 0.3 is 5.97 Å². The third kappa shape index (κ3) is 19.0. The van der Waals surface area contributed by atoms with Crippen LogP contribution in [0.15, 0.2) is 77.9 Å². The summed E-state index contributed by atoms with van der Waals surface area (Å²) in [7, 11) is 7.72. The van der Waals surface area contributed by atoms with Crippen LogP contribution in [-0.4, -0.2) is 155 Å². The van der Waals surface area contributed by atoms with Crippen LogP contribution in [0.5, 0.6) is 34.5 Å². The first kappa shape index (κ1) is 63.6. The summed E-state index contributed by atoms with van der Waals surface area (Å²) in [5.74, 6) is 1.64. The Bertz CT molecular complexity index is 2690. The molecule has 1 fully saturated rings. The van der Waals surface area contributed by atoms with Gasteiger partial charge in [0.25, 0.3) is 5.91 Å². The number of hydrogen-bond donors (Lipinski definition) is 2. The number of ether oxygens (including phenoxy) is 11. The zero-order valence-corrected chi connectivity index (χ0v) is 48.9. The van der Waals surface area contributed by atoms with Crippen molar-refractivity contribution in [3.63, 3.8) is 0 Å². The second-order valence-electron chi connectivity index (χ2n) is 19.1. The van der Waals surface area contributed by atoms with Crippen molar-refractivity contribution in [3.05, 3.63) is 99.5 Å². The number of nitrogens with zero attached hydrogens (tertiary/aromatic N) is 3. The van der Waals surface area contributed by atoms with Gasteiger partial charge in [-0.05, 0) is 110 Å². The molecule has 4 atom stereocenters. The van der Waals surface area contributed by atoms with Crippen molar-refractivity contribution in [1.29, 1.82) is 0 Å². The number of piperidine rings is 1. The highest BCUT2D eigenvalue weighted by Gasteiger charge is 2.38. The van der Waals surface area contributed by atoms with E-state index < -0.39 is 24.0 Å². The van der Waals surface area contributed by atoms with Gasteiger partial charge in [0.1, 0.15) is 23.7 Å². The van der Waals surface area contributed by atoms with Gasteiger partial charge in [0.15, 0.2) is 29.6 Å². The number of hydrogen-bond acceptors (Lipinski definition) is 17. The average Bonchev–Trinajstić information content (AvgIpc) is 3.86. The Hall–Kier alpha value is -6.55. The normalized spacial score (nSPS) is 15.7. The van der Waals surface area contributed by atoms with E-state index in [2.05, 4.69) is 15.7 Å². The number of rotatable bonds is 33. The second-order valence-corrected chi connectivity index (χ2v) is 20.0. The van der Waals surface area contributed by atoms with Crippen molar-refractivity contribution in [3.8, 4) is 34.5 Å². The number of amides is 3. The van der Waals surface area contributed by atoms with Crippen molar-refractivity contribution < 1.29 is 71.3 Å². The van der Waals surface area contributed by atoms with Gasteiger partial charge < -0.3 is 67.6 Å². The molecule has 2 heterocycles. The van der Waals surface area contributed by atoms with Crippen LogP contribution < -0.4 is 44.1 Å². The second kappa shape index (κ2) is 33.4. The fourth-order valence-corrected chi connectivity index (χ4v) is 9.61. The van der Waals surface area contributed by atoms with Gasteiger partial charge in [0, 0.05) is 19.0 Å². The van der Waals surface area contributed by atoms with Crippen LogP contribution in [0.1, 0.15) is 81.1 Å². The third-order valence-electron chi connectivity index (χ3n) is 13.6. The molecule has 6 rings (SSSR count). The van der Waals surface area contributed by atoms with Crippen molar-refractivity contribution in [2.75, 3.05) is 120 Å². The number of likely N-dealkylation sites (tertiary alicyclic amines) is 1. The molecule has 2 aliphatic rings. The van der Waals surface area contributed by atoms with Gasteiger partial charge in [-0.15, -0.1) is 0 Å². The predicted octanol–water partition coefficient (Wildman–Crippen LogP) is 8.37. The Balaban J connectivity index is 0.902. The number of benzene rings is 4. The lowest BCUT2D eigenvalue weighted by atomic mass is 9.91. The number of aryl methyl sites for hydroxylation is 1. The smallest absolute Gasteiger partial charge is 0.329 e. The van der Waals surface area contributed by atoms with Crippen molar-refractivity contribution >= 4 is 58.4 Å². The zero-order chi connectivity index (χ0) is 58.1. The fourth-order valence-electron chi connectivity index (χ4n) is 9.31. The number of carbonyl (C=O) groups excluding carboxylic acids is 4. The van der Waals surface area contributed by atoms with Gasteiger partial charge in [-0.3, -0.25) is 19.4 Å². The minimum atomic E-state index is -0.816. The monoisotopic (exact) mass is 1170 g/mol. The molecule has 0 spiro atoms. The molecule has 1 unspecified atom stereocenters. The summed E-state index contributed by atoms with van der Waals surface area (Å²) in [6, 6.07) is 20.8. The quantitative estimate of drug-likeness (QED) is 0.0339. The van der Waals surface area contributed by atoms with Gasteiger partial charge in [-0.1, -0.05) is 55.2 Å². The van der Waals surface area contributed by atoms with Gasteiger partial charge in [-0.2, -0.15) is 5.10 Å². The van der Waals surface area contributed by atoms with Crippen molar-refractivity contribution in [2.45, 2.75) is 76.9 Å². The highest BCUT2D eigenvalue weighted by molar-refractivity contribution is 6.42. The van der Waals surface area contributed by atoms with E-state index in [0.717, 1.165) is 24.1 Å². The molecular weight excluding hydrogens is 1090 g/mol. The lowest BCUT2D eigenvalue weighted by molar-refractivity contribution is -0.162. The minimum Gasteiger partial charge on any atom is -0.493 e. The van der Waals surface area contributed by atoms with Crippen LogP contribution in [0.4, 0.5) is 5.69 Å². The highest BCUT2D eigenvalue weighted by Crippen LogP contribution is 2.42. The number of esters is 1. The first-order valence-corrected chi connectivity index (χ1v) is 28.0. The summed E-state index contributed by atoms with van der Waals surface area (Å²) in [6.07, 6.45) is 2.72. The van der Waals surface area contributed by atoms with Crippen LogP contribution in [0.2, 0.25) is 10.0 Å². The maximum Gasteiger partial charge on any atom is 0.329 e. The number of amidine groups is 1. The van der Waals surface area contributed by atoms with E-state index >= 15 is 0 Å². The van der Waals surface area contributed by atoms with Crippen molar-refractivity contribution in [1.82, 2.24) is 15.5 Å². The average molecular weight is 1170 g/mol. The number of nitrogens with one attached hydrogen (secondary N) is 2. The molecule has 20 nitrogen and oxygen atoms in total. The lowest BCUT2D eigenvalue weighted by Crippen LogP contribution is -2.50. The lowest BCUT2D eigenvalue weighted by Gasteiger charge is -2.37. The van der Waals surface area contributed by atoms with Crippen LogP contribution in [0.25, 0.3) is 0 Å². The largest absolute Gasteiger partial charge is 0.493 e. The van der Waals surface area contributed by atoms with E-state index in [-0.39, 0.29) is 56.4 Å². The molecule has 4 aromatic carbocycles. The topological polar surface area (TPSA) is 213 Å². The predicted molar refractivity (Wildman–Crippen MR) is 307 cm³/mol. The molecular formula is C59H77Cl2N5O15. The first-order chi connectivity index (χ1) is 39.3. The Labute approximate surface area is 484 Å². The highest BCUT2D eigenvalue weighted by atomic mass is 35.5. The number of hydrazone groups is 1. The van der Waals surface area contributed by atoms with Crippen LogP contribution >= 0.6 is 23.2 Å². The Morgan fingerprint density at radius 1 is 0.704 bits per heavy atom.